The van der Waals surface area contributed by atoms with Crippen molar-refractivity contribution in [2.45, 2.75) is 77.4 Å². The summed E-state index contributed by atoms with van der Waals surface area (Å²) in [7, 11) is 3.65. The van der Waals surface area contributed by atoms with Gasteiger partial charge in [-0.25, -0.2) is 0 Å². The van der Waals surface area contributed by atoms with E-state index in [1.807, 2.05) is 7.11 Å². The predicted octanol–water partition coefficient (Wildman–Crippen LogP) is 4.43. The molecular formula is C26H40O5. The molecule has 5 saturated carbocycles. The van der Waals surface area contributed by atoms with Crippen molar-refractivity contribution in [1.29, 1.82) is 0 Å². The maximum atomic E-state index is 12.3. The van der Waals surface area contributed by atoms with Gasteiger partial charge in [-0.3, -0.25) is 4.79 Å². The summed E-state index contributed by atoms with van der Waals surface area (Å²) in [4.78, 5) is 12.3. The molecule has 0 aromatic heterocycles. The lowest BCUT2D eigenvalue weighted by atomic mass is 9.45. The van der Waals surface area contributed by atoms with E-state index in [2.05, 4.69) is 13.8 Å². The van der Waals surface area contributed by atoms with Gasteiger partial charge in [0.1, 0.15) is 12.9 Å². The second kappa shape index (κ2) is 6.93. The zero-order valence-electron chi connectivity index (χ0n) is 19.7. The summed E-state index contributed by atoms with van der Waals surface area (Å²) in [5.41, 5.74) is 0.961. The number of rotatable bonds is 5. The Bertz CT molecular complexity index is 754. The van der Waals surface area contributed by atoms with Crippen LogP contribution in [0.3, 0.4) is 0 Å². The molecule has 0 N–H and O–H groups in total. The van der Waals surface area contributed by atoms with Crippen molar-refractivity contribution >= 4 is 5.97 Å². The van der Waals surface area contributed by atoms with Crippen molar-refractivity contribution in [1.82, 2.24) is 0 Å². The zero-order valence-corrected chi connectivity index (χ0v) is 19.7. The number of methoxy groups -OCH3 is 2. The van der Waals surface area contributed by atoms with Gasteiger partial charge in [-0.1, -0.05) is 13.8 Å². The molecule has 0 radical (unpaired) electrons. The van der Waals surface area contributed by atoms with Crippen molar-refractivity contribution in [2.24, 2.45) is 51.8 Å². The fraction of sp³-hybridized carbons (Fsp3) is 0.962. The lowest BCUT2D eigenvalue weighted by molar-refractivity contribution is -0.189. The molecule has 1 spiro atoms. The Kier molecular flexibility index (Phi) is 4.68. The van der Waals surface area contributed by atoms with E-state index in [-0.39, 0.29) is 17.5 Å². The summed E-state index contributed by atoms with van der Waals surface area (Å²) in [6.07, 6.45) is 9.87. The Balaban J connectivity index is 1.38. The van der Waals surface area contributed by atoms with Gasteiger partial charge in [0.05, 0.1) is 12.7 Å². The van der Waals surface area contributed by atoms with E-state index in [1.165, 1.54) is 38.5 Å². The molecular weight excluding hydrogens is 392 g/mol. The molecule has 5 nitrogen and oxygen atoms in total. The van der Waals surface area contributed by atoms with Crippen LogP contribution in [0.1, 0.15) is 65.2 Å². The monoisotopic (exact) mass is 432 g/mol. The highest BCUT2D eigenvalue weighted by Crippen LogP contribution is 2.82. The van der Waals surface area contributed by atoms with Crippen LogP contribution in [0.2, 0.25) is 0 Å². The van der Waals surface area contributed by atoms with Crippen LogP contribution in [0.25, 0.3) is 0 Å². The molecule has 0 aromatic carbocycles. The highest BCUT2D eigenvalue weighted by molar-refractivity contribution is 5.71. The first-order valence-electron chi connectivity index (χ1n) is 12.7. The number of carbonyl (C=O) groups excluding carboxylic acids is 1. The van der Waals surface area contributed by atoms with E-state index in [0.29, 0.717) is 53.8 Å². The first-order chi connectivity index (χ1) is 14.9. The second-order valence-electron chi connectivity index (χ2n) is 12.2. The second-order valence-corrected chi connectivity index (χ2v) is 12.2. The molecule has 1 heterocycles. The summed E-state index contributed by atoms with van der Waals surface area (Å²) >= 11 is 0. The van der Waals surface area contributed by atoms with Crippen LogP contribution in [0, 0.1) is 51.8 Å². The zero-order chi connectivity index (χ0) is 21.6. The van der Waals surface area contributed by atoms with Crippen LogP contribution in [-0.2, 0) is 23.7 Å². The fourth-order valence-corrected chi connectivity index (χ4v) is 10.7. The maximum Gasteiger partial charge on any atom is 0.306 e. The van der Waals surface area contributed by atoms with Gasteiger partial charge in [-0.2, -0.15) is 0 Å². The molecule has 0 amide bonds. The van der Waals surface area contributed by atoms with E-state index < -0.39 is 0 Å². The first-order valence-corrected chi connectivity index (χ1v) is 12.7. The minimum absolute atomic E-state index is 0.00199. The van der Waals surface area contributed by atoms with Gasteiger partial charge in [0.2, 0.25) is 0 Å². The van der Waals surface area contributed by atoms with Gasteiger partial charge in [-0.15, -0.1) is 0 Å². The van der Waals surface area contributed by atoms with E-state index in [1.54, 1.807) is 7.11 Å². The number of hydrogen-bond donors (Lipinski definition) is 0. The standard InChI is InChI=1S/C26H40O5/c1-15-9-22(27)31-20-11-19-17-10-21(29-4)26-12-16(26)5-7-24(26,2)18(17)6-8-25(19,23(15)20)13-30-14-28-3/h15-21,23H,5-14H2,1-4H3/t15-,16-,17-,18+,19+,20+,21-,23+,24-,25-,26+/m1/s1. The normalized spacial score (nSPS) is 56.7. The van der Waals surface area contributed by atoms with Crippen LogP contribution in [0.5, 0.6) is 0 Å². The van der Waals surface area contributed by atoms with Gasteiger partial charge in [0.15, 0.2) is 0 Å². The molecule has 6 rings (SSSR count). The van der Waals surface area contributed by atoms with Gasteiger partial charge in [0, 0.05) is 37.4 Å². The molecule has 5 aliphatic carbocycles. The Morgan fingerprint density at radius 1 is 1.13 bits per heavy atom. The van der Waals surface area contributed by atoms with Crippen LogP contribution < -0.4 is 0 Å². The lowest BCUT2D eigenvalue weighted by Crippen LogP contribution is -2.58. The predicted molar refractivity (Wildman–Crippen MR) is 115 cm³/mol. The Hall–Kier alpha value is -0.650. The van der Waals surface area contributed by atoms with Gasteiger partial charge >= 0.3 is 5.97 Å². The molecule has 0 unspecified atom stereocenters. The van der Waals surface area contributed by atoms with E-state index in [4.69, 9.17) is 18.9 Å². The minimum Gasteiger partial charge on any atom is -0.462 e. The number of hydrogen-bond acceptors (Lipinski definition) is 5. The van der Waals surface area contributed by atoms with Crippen LogP contribution in [0.4, 0.5) is 0 Å². The number of esters is 1. The number of fused-ring (bicyclic) bond motifs is 6. The molecule has 11 atom stereocenters. The lowest BCUT2D eigenvalue weighted by Gasteiger charge is -2.61. The highest BCUT2D eigenvalue weighted by atomic mass is 16.7. The van der Waals surface area contributed by atoms with Crippen LogP contribution >= 0.6 is 0 Å². The summed E-state index contributed by atoms with van der Waals surface area (Å²) in [6.45, 7) is 5.96. The summed E-state index contributed by atoms with van der Waals surface area (Å²) < 4.78 is 23.7. The van der Waals surface area contributed by atoms with Crippen LogP contribution in [0.15, 0.2) is 0 Å². The van der Waals surface area contributed by atoms with Crippen LogP contribution in [-0.4, -0.2) is 45.8 Å². The van der Waals surface area contributed by atoms with Crippen molar-refractivity contribution in [3.05, 3.63) is 0 Å². The fourth-order valence-electron chi connectivity index (χ4n) is 10.7. The van der Waals surface area contributed by atoms with E-state index in [9.17, 15) is 4.79 Å². The number of ether oxygens (including phenoxy) is 4. The molecule has 1 aliphatic heterocycles. The average molecular weight is 433 g/mol. The van der Waals surface area contributed by atoms with Gasteiger partial charge < -0.3 is 18.9 Å². The smallest absolute Gasteiger partial charge is 0.306 e. The third-order valence-corrected chi connectivity index (χ3v) is 11.6. The highest BCUT2D eigenvalue weighted by Gasteiger charge is 2.78. The minimum atomic E-state index is -0.00199. The quantitative estimate of drug-likeness (QED) is 0.365. The van der Waals surface area contributed by atoms with Crippen molar-refractivity contribution in [2.75, 3.05) is 27.6 Å². The summed E-state index contributed by atoms with van der Waals surface area (Å²) in [5.74, 6) is 3.65. The SMILES string of the molecule is COCOC[C@]12CC[C@H]3[C@@H](C[C@@H](OC)[C@]45C[C@H]4CC[C@]35C)[C@@H]1C[C@@H]1OC(=O)C[C@@H](C)[C@@H]12. The van der Waals surface area contributed by atoms with E-state index >= 15 is 0 Å². The van der Waals surface area contributed by atoms with Crippen molar-refractivity contribution in [3.8, 4) is 0 Å². The van der Waals surface area contributed by atoms with E-state index in [0.717, 1.165) is 24.9 Å². The van der Waals surface area contributed by atoms with Crippen molar-refractivity contribution in [3.63, 3.8) is 0 Å². The molecule has 0 aromatic rings. The molecule has 6 aliphatic rings. The largest absolute Gasteiger partial charge is 0.462 e. The summed E-state index contributed by atoms with van der Waals surface area (Å²) in [6, 6.07) is 0. The van der Waals surface area contributed by atoms with Gasteiger partial charge in [0.25, 0.3) is 0 Å². The molecule has 5 heteroatoms. The first kappa shape index (κ1) is 20.9. The molecule has 0 bridgehead atoms. The Morgan fingerprint density at radius 3 is 2.71 bits per heavy atom. The molecule has 1 saturated heterocycles. The third kappa shape index (κ3) is 2.52. The summed E-state index contributed by atoms with van der Waals surface area (Å²) in [5, 5.41) is 0. The molecule has 6 fully saturated rings. The molecule has 31 heavy (non-hydrogen) atoms. The third-order valence-electron chi connectivity index (χ3n) is 11.6. The van der Waals surface area contributed by atoms with Gasteiger partial charge in [-0.05, 0) is 80.0 Å². The van der Waals surface area contributed by atoms with Crippen molar-refractivity contribution < 1.29 is 23.7 Å². The Labute approximate surface area is 186 Å². The maximum absolute atomic E-state index is 12.3. The molecule has 174 valence electrons. The average Bonchev–Trinajstić information content (AvgIpc) is 3.26. The Morgan fingerprint density at radius 2 is 1.97 bits per heavy atom. The topological polar surface area (TPSA) is 54.0 Å². The number of carbonyl (C=O) groups is 1.